The number of nitrogens with zero attached hydrogens (tertiary/aromatic N) is 2. The Balaban J connectivity index is 1.05. The van der Waals surface area contributed by atoms with E-state index in [0.29, 0.717) is 0 Å². The van der Waals surface area contributed by atoms with Crippen LogP contribution >= 0.6 is 22.7 Å². The van der Waals surface area contributed by atoms with Gasteiger partial charge in [-0.15, -0.1) is 22.7 Å². The first-order chi connectivity index (χ1) is 34.3. The average Bonchev–Trinajstić information content (AvgIpc) is 4.06. The van der Waals surface area contributed by atoms with Crippen molar-refractivity contribution in [1.82, 2.24) is 0 Å². The number of anilines is 5. The van der Waals surface area contributed by atoms with Gasteiger partial charge in [-0.1, -0.05) is 129 Å². The maximum Gasteiger partial charge on any atom is 0.123 e. The lowest BCUT2D eigenvalue weighted by molar-refractivity contribution is 0.563. The molecule has 70 heavy (non-hydrogen) atoms. The summed E-state index contributed by atoms with van der Waals surface area (Å²) >= 11 is 3.63. The van der Waals surface area contributed by atoms with Gasteiger partial charge in [0.1, 0.15) is 11.6 Å². The minimum absolute atomic E-state index is 0.265. The summed E-state index contributed by atoms with van der Waals surface area (Å²) in [7, 11) is 0. The molecule has 0 radical (unpaired) electrons. The van der Waals surface area contributed by atoms with Crippen molar-refractivity contribution in [2.24, 2.45) is 0 Å². The maximum atomic E-state index is 14.9. The zero-order chi connectivity index (χ0) is 46.9. The van der Waals surface area contributed by atoms with E-state index in [2.05, 4.69) is 181 Å². The van der Waals surface area contributed by atoms with Gasteiger partial charge in [-0.05, 0) is 159 Å². The van der Waals surface area contributed by atoms with Crippen LogP contribution in [0.15, 0.2) is 206 Å². The van der Waals surface area contributed by atoms with Crippen LogP contribution in [0.4, 0.5) is 37.2 Å². The topological polar surface area (TPSA) is 6.48 Å². The quantitative estimate of drug-likeness (QED) is 0.164. The largest absolute Gasteiger partial charge is 0.309 e. The maximum absolute atomic E-state index is 14.9. The number of thiophene rings is 2. The first-order valence-corrected chi connectivity index (χ1v) is 25.6. The predicted molar refractivity (Wildman–Crippen MR) is 290 cm³/mol. The first kappa shape index (κ1) is 41.3. The Morgan fingerprint density at radius 3 is 1.57 bits per heavy atom. The van der Waals surface area contributed by atoms with Crippen LogP contribution in [-0.4, -0.2) is 0 Å². The Morgan fingerprint density at radius 2 is 0.943 bits per heavy atom. The second-order valence-electron chi connectivity index (χ2n) is 19.3. The van der Waals surface area contributed by atoms with Crippen LogP contribution in [-0.2, 0) is 17.3 Å². The highest BCUT2D eigenvalue weighted by Gasteiger charge is 2.54. The molecule has 11 aromatic rings. The highest BCUT2D eigenvalue weighted by Crippen LogP contribution is 2.64. The molecule has 1 spiro atoms. The number of allylic oxidation sites excluding steroid dienone is 1. The number of benzene rings is 9. The van der Waals surface area contributed by atoms with Crippen molar-refractivity contribution in [2.75, 3.05) is 9.80 Å². The summed E-state index contributed by atoms with van der Waals surface area (Å²) in [6.07, 6.45) is 4.25. The number of fused-ring (bicyclic) bond motifs is 15. The molecule has 14 rings (SSSR count). The molecule has 0 saturated heterocycles. The van der Waals surface area contributed by atoms with Crippen LogP contribution in [0.5, 0.6) is 0 Å². The highest BCUT2D eigenvalue weighted by molar-refractivity contribution is 7.26. The second-order valence-corrected chi connectivity index (χ2v) is 21.4. The minimum atomic E-state index is -0.740. The molecule has 0 atom stereocenters. The van der Waals surface area contributed by atoms with E-state index in [1.165, 1.54) is 85.2 Å². The highest BCUT2D eigenvalue weighted by atomic mass is 32.1. The van der Waals surface area contributed by atoms with Crippen molar-refractivity contribution in [2.45, 2.75) is 37.5 Å². The molecule has 2 heterocycles. The molecule has 3 aliphatic carbocycles. The van der Waals surface area contributed by atoms with E-state index in [-0.39, 0.29) is 17.0 Å². The number of aryl methyl sites for hydroxylation is 1. The van der Waals surface area contributed by atoms with Gasteiger partial charge in [-0.25, -0.2) is 8.78 Å². The van der Waals surface area contributed by atoms with Gasteiger partial charge < -0.3 is 9.80 Å². The normalized spacial score (nSPS) is 14.8. The van der Waals surface area contributed by atoms with Crippen LogP contribution < -0.4 is 9.80 Å². The lowest BCUT2D eigenvalue weighted by atomic mass is 9.55. The molecule has 2 nitrogen and oxygen atoms in total. The van der Waals surface area contributed by atoms with Crippen molar-refractivity contribution in [3.8, 4) is 11.1 Å². The lowest BCUT2D eigenvalue weighted by Gasteiger charge is -2.47. The molecule has 9 aromatic carbocycles. The molecular weight excluding hydrogens is 899 g/mol. The third kappa shape index (κ3) is 5.87. The van der Waals surface area contributed by atoms with Crippen molar-refractivity contribution in [3.05, 3.63) is 262 Å². The zero-order valence-electron chi connectivity index (χ0n) is 38.5. The van der Waals surface area contributed by atoms with Crippen LogP contribution in [0.25, 0.3) is 47.1 Å². The van der Waals surface area contributed by atoms with Crippen LogP contribution in [0.1, 0.15) is 64.1 Å². The standard InChI is InChI=1S/C64H44F2N2S2/c1-63(2)51-17-5-7-19-53(51)64(54-20-8-6-18-52(54)63)55-37-43(67(41-29-25-39(65)26-30-41)57-21-11-15-49-47-13-3-9-23-59(47)69-61(49)57)33-35-45(55)46-36-34-44(38-56(46)64)68(42-31-27-40(66)28-32-42)58-22-12-16-50-48-14-4-10-24-60(48)70-62(50)58/h3-11,13-15,17-38H,12,16H2,1-2H3. The summed E-state index contributed by atoms with van der Waals surface area (Å²) in [6, 6.07) is 69.9. The van der Waals surface area contributed by atoms with E-state index >= 15 is 0 Å². The molecule has 0 fully saturated rings. The fraction of sp³-hybridized carbons (Fsp3) is 0.0938. The van der Waals surface area contributed by atoms with Crippen LogP contribution in [0.3, 0.4) is 0 Å². The second kappa shape index (κ2) is 15.4. The van der Waals surface area contributed by atoms with E-state index in [4.69, 9.17) is 0 Å². The average molecular weight is 943 g/mol. The molecule has 0 aliphatic heterocycles. The van der Waals surface area contributed by atoms with E-state index in [1.807, 2.05) is 35.6 Å². The molecule has 2 aromatic heterocycles. The number of rotatable bonds is 6. The fourth-order valence-electron chi connectivity index (χ4n) is 12.3. The SMILES string of the molecule is CC1(C)c2ccccc2C2(c3cc(N(C4=CCCc5c4sc4ccccc54)c4ccc(F)cc4)ccc3-c3ccc(N(c4ccc(F)cc4)c4cccc5c4sc4ccccc45)cc32)c2ccccc21. The van der Waals surface area contributed by atoms with Gasteiger partial charge in [0.25, 0.3) is 0 Å². The summed E-state index contributed by atoms with van der Waals surface area (Å²) in [6.45, 7) is 4.72. The van der Waals surface area contributed by atoms with E-state index < -0.39 is 5.41 Å². The minimum Gasteiger partial charge on any atom is -0.309 e. The lowest BCUT2D eigenvalue weighted by Crippen LogP contribution is -2.40. The predicted octanol–water partition coefficient (Wildman–Crippen LogP) is 18.1. The van der Waals surface area contributed by atoms with Crippen LogP contribution in [0, 0.1) is 11.6 Å². The third-order valence-electron chi connectivity index (χ3n) is 15.3. The van der Waals surface area contributed by atoms with E-state index in [0.717, 1.165) is 47.0 Å². The van der Waals surface area contributed by atoms with Gasteiger partial charge in [0.2, 0.25) is 0 Å². The Bertz CT molecular complexity index is 3920. The fourth-order valence-corrected chi connectivity index (χ4v) is 14.8. The molecular formula is C64H44F2N2S2. The van der Waals surface area contributed by atoms with Gasteiger partial charge in [-0.2, -0.15) is 0 Å². The van der Waals surface area contributed by atoms with Crippen molar-refractivity contribution in [1.29, 1.82) is 0 Å². The summed E-state index contributed by atoms with van der Waals surface area (Å²) in [5, 5.41) is 3.73. The summed E-state index contributed by atoms with van der Waals surface area (Å²) in [5.41, 5.74) is 16.1. The summed E-state index contributed by atoms with van der Waals surface area (Å²) < 4.78 is 33.4. The van der Waals surface area contributed by atoms with Gasteiger partial charge in [0.15, 0.2) is 0 Å². The van der Waals surface area contributed by atoms with Crippen molar-refractivity contribution in [3.63, 3.8) is 0 Å². The first-order valence-electron chi connectivity index (χ1n) is 24.0. The van der Waals surface area contributed by atoms with E-state index in [1.54, 1.807) is 35.6 Å². The molecule has 336 valence electrons. The molecule has 0 bridgehead atoms. The van der Waals surface area contributed by atoms with Crippen molar-refractivity contribution >= 4 is 87.1 Å². The molecule has 3 aliphatic rings. The Morgan fingerprint density at radius 1 is 0.443 bits per heavy atom. The monoisotopic (exact) mass is 942 g/mol. The summed E-state index contributed by atoms with van der Waals surface area (Å²) in [4.78, 5) is 5.94. The van der Waals surface area contributed by atoms with Gasteiger partial charge in [0.05, 0.1) is 26.4 Å². The molecule has 0 unspecified atom stereocenters. The molecule has 6 heteroatoms. The number of hydrogen-bond donors (Lipinski definition) is 0. The van der Waals surface area contributed by atoms with Crippen molar-refractivity contribution < 1.29 is 8.78 Å². The number of halogens is 2. The Kier molecular flexibility index (Phi) is 9.11. The van der Waals surface area contributed by atoms with Gasteiger partial charge in [0, 0.05) is 48.3 Å². The molecule has 0 N–H and O–H groups in total. The van der Waals surface area contributed by atoms with Gasteiger partial charge in [-0.3, -0.25) is 0 Å². The molecule has 0 saturated carbocycles. The zero-order valence-corrected chi connectivity index (χ0v) is 40.1. The van der Waals surface area contributed by atoms with Gasteiger partial charge >= 0.3 is 0 Å². The molecule has 0 amide bonds. The smallest absolute Gasteiger partial charge is 0.123 e. The Labute approximate surface area is 413 Å². The summed E-state index contributed by atoms with van der Waals surface area (Å²) in [5.74, 6) is -0.539. The van der Waals surface area contributed by atoms with Crippen LogP contribution in [0.2, 0.25) is 0 Å². The van der Waals surface area contributed by atoms with E-state index in [9.17, 15) is 8.78 Å². The Hall–Kier alpha value is -7.64. The number of hydrogen-bond acceptors (Lipinski definition) is 4. The third-order valence-corrected chi connectivity index (χ3v) is 17.8.